The number of allylic oxidation sites excluding steroid dienone is 1. The minimum absolute atomic E-state index is 0.0270. The van der Waals surface area contributed by atoms with Gasteiger partial charge >= 0.3 is 0 Å². The molecule has 0 bridgehead atoms. The van der Waals surface area contributed by atoms with Gasteiger partial charge in [-0.05, 0) is 13.0 Å². The predicted octanol–water partition coefficient (Wildman–Crippen LogP) is 1.03. The van der Waals surface area contributed by atoms with Crippen LogP contribution in [0.2, 0.25) is 0 Å². The van der Waals surface area contributed by atoms with Gasteiger partial charge in [-0.15, -0.1) is 0 Å². The minimum Gasteiger partial charge on any atom is -0.472 e. The van der Waals surface area contributed by atoms with Crippen molar-refractivity contribution in [1.29, 1.82) is 0 Å². The number of aromatic nitrogens is 2. The van der Waals surface area contributed by atoms with Gasteiger partial charge in [0.15, 0.2) is 0 Å². The van der Waals surface area contributed by atoms with Crippen LogP contribution in [0.5, 0.6) is 5.88 Å². The maximum Gasteiger partial charge on any atom is 0.246 e. The lowest BCUT2D eigenvalue weighted by Crippen LogP contribution is -2.29. The first kappa shape index (κ1) is 11.6. The van der Waals surface area contributed by atoms with Gasteiger partial charge in [-0.1, -0.05) is 6.08 Å². The van der Waals surface area contributed by atoms with Crippen molar-refractivity contribution in [1.82, 2.24) is 14.9 Å². The Kier molecular flexibility index (Phi) is 3.69. The normalized spacial score (nSPS) is 19.8. The SMILES string of the molecule is C/C=C/C(=O)N1CCC(Oc2ccncn2)C1. The Morgan fingerprint density at radius 2 is 2.53 bits per heavy atom. The van der Waals surface area contributed by atoms with Gasteiger partial charge in [0.2, 0.25) is 11.8 Å². The molecule has 90 valence electrons. The first-order valence-electron chi connectivity index (χ1n) is 5.64. The molecule has 2 heterocycles. The molecule has 1 aliphatic rings. The number of hydrogen-bond donors (Lipinski definition) is 0. The van der Waals surface area contributed by atoms with Gasteiger partial charge in [-0.2, -0.15) is 0 Å². The first-order chi connectivity index (χ1) is 8.29. The summed E-state index contributed by atoms with van der Waals surface area (Å²) < 4.78 is 5.66. The van der Waals surface area contributed by atoms with Crippen LogP contribution in [0.15, 0.2) is 30.7 Å². The van der Waals surface area contributed by atoms with E-state index in [9.17, 15) is 4.79 Å². The van der Waals surface area contributed by atoms with Crippen molar-refractivity contribution in [2.24, 2.45) is 0 Å². The molecule has 5 nitrogen and oxygen atoms in total. The zero-order valence-electron chi connectivity index (χ0n) is 9.74. The predicted molar refractivity (Wildman–Crippen MR) is 62.5 cm³/mol. The number of hydrogen-bond acceptors (Lipinski definition) is 4. The van der Waals surface area contributed by atoms with Gasteiger partial charge in [0.05, 0.1) is 6.54 Å². The van der Waals surface area contributed by atoms with Gasteiger partial charge in [-0.25, -0.2) is 9.97 Å². The highest BCUT2D eigenvalue weighted by atomic mass is 16.5. The molecule has 1 aromatic heterocycles. The Bertz CT molecular complexity index is 405. The average Bonchev–Trinajstić information content (AvgIpc) is 2.79. The number of amides is 1. The third kappa shape index (κ3) is 3.03. The lowest BCUT2D eigenvalue weighted by Gasteiger charge is -2.14. The quantitative estimate of drug-likeness (QED) is 0.732. The van der Waals surface area contributed by atoms with Crippen LogP contribution in [0.4, 0.5) is 0 Å². The Balaban J connectivity index is 1.88. The zero-order chi connectivity index (χ0) is 12.1. The number of nitrogens with zero attached hydrogens (tertiary/aromatic N) is 3. The molecule has 17 heavy (non-hydrogen) atoms. The topological polar surface area (TPSA) is 55.3 Å². The van der Waals surface area contributed by atoms with Crippen LogP contribution in [-0.2, 0) is 4.79 Å². The number of likely N-dealkylation sites (tertiary alicyclic amines) is 1. The van der Waals surface area contributed by atoms with E-state index in [0.29, 0.717) is 12.4 Å². The average molecular weight is 233 g/mol. The van der Waals surface area contributed by atoms with E-state index in [1.807, 2.05) is 6.92 Å². The smallest absolute Gasteiger partial charge is 0.246 e. The molecule has 0 saturated carbocycles. The summed E-state index contributed by atoms with van der Waals surface area (Å²) in [6.45, 7) is 3.19. The number of carbonyl (C=O) groups excluding carboxylic acids is 1. The second kappa shape index (κ2) is 5.43. The summed E-state index contributed by atoms with van der Waals surface area (Å²) in [7, 11) is 0. The third-order valence-electron chi connectivity index (χ3n) is 2.61. The van der Waals surface area contributed by atoms with Gasteiger partial charge in [-0.3, -0.25) is 4.79 Å². The maximum atomic E-state index is 11.6. The third-order valence-corrected chi connectivity index (χ3v) is 2.61. The van der Waals surface area contributed by atoms with E-state index < -0.39 is 0 Å². The van der Waals surface area contributed by atoms with Crippen molar-refractivity contribution in [3.63, 3.8) is 0 Å². The van der Waals surface area contributed by atoms with E-state index in [4.69, 9.17) is 4.74 Å². The number of ether oxygens (including phenoxy) is 1. The van der Waals surface area contributed by atoms with Crippen LogP contribution in [0.3, 0.4) is 0 Å². The zero-order valence-corrected chi connectivity index (χ0v) is 9.74. The van der Waals surface area contributed by atoms with Crippen molar-refractivity contribution >= 4 is 5.91 Å². The molecule has 1 saturated heterocycles. The Hall–Kier alpha value is -1.91. The van der Waals surface area contributed by atoms with Gasteiger partial charge < -0.3 is 9.64 Å². The first-order valence-corrected chi connectivity index (χ1v) is 5.64. The summed E-state index contributed by atoms with van der Waals surface area (Å²) in [5.74, 6) is 0.603. The van der Waals surface area contributed by atoms with Crippen molar-refractivity contribution in [2.75, 3.05) is 13.1 Å². The van der Waals surface area contributed by atoms with Crippen LogP contribution in [0.1, 0.15) is 13.3 Å². The highest BCUT2D eigenvalue weighted by molar-refractivity contribution is 5.87. The van der Waals surface area contributed by atoms with E-state index in [0.717, 1.165) is 13.0 Å². The van der Waals surface area contributed by atoms with Gasteiger partial charge in [0, 0.05) is 25.2 Å². The lowest BCUT2D eigenvalue weighted by atomic mass is 10.3. The molecule has 0 radical (unpaired) electrons. The standard InChI is InChI=1S/C12H15N3O2/c1-2-3-12(16)15-7-5-10(8-15)17-11-4-6-13-9-14-11/h2-4,6,9-10H,5,7-8H2,1H3/b3-2+. The summed E-state index contributed by atoms with van der Waals surface area (Å²) in [4.78, 5) is 21.2. The van der Waals surface area contributed by atoms with E-state index in [1.54, 1.807) is 29.3 Å². The molecule has 1 aliphatic heterocycles. The number of carbonyl (C=O) groups is 1. The summed E-state index contributed by atoms with van der Waals surface area (Å²) in [6.07, 6.45) is 7.29. The molecular weight excluding hydrogens is 218 g/mol. The van der Waals surface area contributed by atoms with Crippen LogP contribution >= 0.6 is 0 Å². The van der Waals surface area contributed by atoms with Gasteiger partial charge in [0.25, 0.3) is 0 Å². The van der Waals surface area contributed by atoms with Crippen molar-refractivity contribution in [2.45, 2.75) is 19.4 Å². The molecule has 0 spiro atoms. The fourth-order valence-electron chi connectivity index (χ4n) is 1.79. The molecule has 1 aromatic rings. The molecular formula is C12H15N3O2. The van der Waals surface area contributed by atoms with E-state index in [-0.39, 0.29) is 12.0 Å². The van der Waals surface area contributed by atoms with Crippen LogP contribution in [0, 0.1) is 0 Å². The molecule has 0 aliphatic carbocycles. The molecule has 1 atom stereocenters. The van der Waals surface area contributed by atoms with Crippen molar-refractivity contribution < 1.29 is 9.53 Å². The summed E-state index contributed by atoms with van der Waals surface area (Å²) >= 11 is 0. The van der Waals surface area contributed by atoms with Crippen LogP contribution in [0.25, 0.3) is 0 Å². The highest BCUT2D eigenvalue weighted by Gasteiger charge is 2.26. The second-order valence-electron chi connectivity index (χ2n) is 3.86. The Labute approximate surface area is 100 Å². The molecule has 0 aromatic carbocycles. The minimum atomic E-state index is 0.0270. The van der Waals surface area contributed by atoms with Crippen molar-refractivity contribution in [3.8, 4) is 5.88 Å². The Morgan fingerprint density at radius 3 is 3.24 bits per heavy atom. The molecule has 5 heteroatoms. The molecule has 0 N–H and O–H groups in total. The second-order valence-corrected chi connectivity index (χ2v) is 3.86. The number of rotatable bonds is 3. The lowest BCUT2D eigenvalue weighted by molar-refractivity contribution is -0.125. The monoisotopic (exact) mass is 233 g/mol. The maximum absolute atomic E-state index is 11.6. The summed E-state index contributed by atoms with van der Waals surface area (Å²) in [5.41, 5.74) is 0. The van der Waals surface area contributed by atoms with E-state index in [2.05, 4.69) is 9.97 Å². The largest absolute Gasteiger partial charge is 0.472 e. The summed E-state index contributed by atoms with van der Waals surface area (Å²) in [5, 5.41) is 0. The molecule has 1 amide bonds. The van der Waals surface area contributed by atoms with Crippen LogP contribution in [-0.4, -0.2) is 40.0 Å². The highest BCUT2D eigenvalue weighted by Crippen LogP contribution is 2.15. The molecule has 1 fully saturated rings. The molecule has 2 rings (SSSR count). The fraction of sp³-hybridized carbons (Fsp3) is 0.417. The van der Waals surface area contributed by atoms with Gasteiger partial charge in [0.1, 0.15) is 12.4 Å². The van der Waals surface area contributed by atoms with Crippen molar-refractivity contribution in [3.05, 3.63) is 30.7 Å². The Morgan fingerprint density at radius 1 is 1.65 bits per heavy atom. The summed E-state index contributed by atoms with van der Waals surface area (Å²) in [6, 6.07) is 1.72. The molecule has 1 unspecified atom stereocenters. The van der Waals surface area contributed by atoms with E-state index in [1.165, 1.54) is 6.33 Å². The van der Waals surface area contributed by atoms with Crippen LogP contribution < -0.4 is 4.74 Å². The van der Waals surface area contributed by atoms with E-state index >= 15 is 0 Å². The fourth-order valence-corrected chi connectivity index (χ4v) is 1.79.